The molecule has 1 aliphatic rings. The van der Waals surface area contributed by atoms with Crippen molar-refractivity contribution in [2.24, 2.45) is 0 Å². The molecule has 0 saturated carbocycles. The molecule has 0 spiro atoms. The van der Waals surface area contributed by atoms with E-state index < -0.39 is 0 Å². The highest BCUT2D eigenvalue weighted by atomic mass is 16.7. The van der Waals surface area contributed by atoms with Crippen molar-refractivity contribution in [1.82, 2.24) is 0 Å². The predicted molar refractivity (Wildman–Crippen MR) is 66.5 cm³/mol. The normalized spacial score (nSPS) is 14.9. The van der Waals surface area contributed by atoms with Crippen LogP contribution in [-0.4, -0.2) is 18.5 Å². The van der Waals surface area contributed by atoms with E-state index in [1.807, 2.05) is 18.2 Å². The monoisotopic (exact) mass is 236 g/mol. The summed E-state index contributed by atoms with van der Waals surface area (Å²) in [5.74, 6) is 1.79. The third-order valence-electron chi connectivity index (χ3n) is 3.24. The molecule has 1 atom stereocenters. The van der Waals surface area contributed by atoms with Crippen LogP contribution in [0.15, 0.2) is 18.2 Å². The smallest absolute Gasteiger partial charge is 0.231 e. The molecular weight excluding hydrogens is 216 g/mol. The first-order chi connectivity index (χ1) is 8.36. The Morgan fingerprint density at radius 3 is 2.94 bits per heavy atom. The van der Waals surface area contributed by atoms with Gasteiger partial charge in [-0.15, -0.1) is 0 Å². The Labute approximate surface area is 102 Å². The van der Waals surface area contributed by atoms with Crippen molar-refractivity contribution in [3.63, 3.8) is 0 Å². The summed E-state index contributed by atoms with van der Waals surface area (Å²) in [6.45, 7) is 2.65. The van der Waals surface area contributed by atoms with Crippen LogP contribution in [0, 0.1) is 0 Å². The zero-order valence-corrected chi connectivity index (χ0v) is 10.3. The van der Waals surface area contributed by atoms with Crippen LogP contribution in [0.5, 0.6) is 11.5 Å². The van der Waals surface area contributed by atoms with E-state index in [4.69, 9.17) is 9.47 Å². The molecule has 2 rings (SSSR count). The molecule has 1 N–H and O–H groups in total. The topological polar surface area (TPSA) is 38.7 Å². The number of hydrogen-bond donors (Lipinski definition) is 1. The molecule has 0 saturated heterocycles. The second-order valence-corrected chi connectivity index (χ2v) is 4.46. The molecule has 0 amide bonds. The van der Waals surface area contributed by atoms with Crippen molar-refractivity contribution in [2.75, 3.05) is 13.4 Å². The molecule has 1 aliphatic heterocycles. The third kappa shape index (κ3) is 2.72. The van der Waals surface area contributed by atoms with E-state index in [9.17, 15) is 5.11 Å². The number of benzene rings is 1. The highest BCUT2D eigenvalue weighted by Crippen LogP contribution is 2.40. The fourth-order valence-corrected chi connectivity index (χ4v) is 2.26. The highest BCUT2D eigenvalue weighted by molar-refractivity contribution is 5.49. The van der Waals surface area contributed by atoms with E-state index in [1.54, 1.807) is 0 Å². The molecular formula is C14H20O3. The van der Waals surface area contributed by atoms with Gasteiger partial charge in [0.2, 0.25) is 6.79 Å². The molecule has 0 aliphatic carbocycles. The van der Waals surface area contributed by atoms with Gasteiger partial charge in [0.05, 0.1) is 6.61 Å². The largest absolute Gasteiger partial charge is 0.454 e. The fraction of sp³-hybridized carbons (Fsp3) is 0.571. The number of unbranched alkanes of at least 4 members (excludes halogenated alkanes) is 2. The van der Waals surface area contributed by atoms with E-state index in [1.165, 1.54) is 12.8 Å². The molecule has 0 radical (unpaired) electrons. The van der Waals surface area contributed by atoms with Gasteiger partial charge in [0.25, 0.3) is 0 Å². The number of ether oxygens (including phenoxy) is 2. The first-order valence-electron chi connectivity index (χ1n) is 6.36. The van der Waals surface area contributed by atoms with Crippen molar-refractivity contribution in [2.45, 2.75) is 38.5 Å². The molecule has 1 unspecified atom stereocenters. The van der Waals surface area contributed by atoms with Gasteiger partial charge in [-0.3, -0.25) is 0 Å². The van der Waals surface area contributed by atoms with Crippen molar-refractivity contribution < 1.29 is 14.6 Å². The van der Waals surface area contributed by atoms with E-state index in [-0.39, 0.29) is 12.5 Å². The third-order valence-corrected chi connectivity index (χ3v) is 3.24. The van der Waals surface area contributed by atoms with Crippen LogP contribution in [0.4, 0.5) is 0 Å². The molecule has 1 heterocycles. The standard InChI is InChI=1S/C14H20O3/c1-2-3-4-6-11(9-15)12-7-5-8-13-14(12)17-10-16-13/h5,7-8,11,15H,2-4,6,9-10H2,1H3. The summed E-state index contributed by atoms with van der Waals surface area (Å²) in [5.41, 5.74) is 1.08. The van der Waals surface area contributed by atoms with E-state index in [2.05, 4.69) is 6.92 Å². The minimum Gasteiger partial charge on any atom is -0.454 e. The van der Waals surface area contributed by atoms with Crippen LogP contribution in [0.25, 0.3) is 0 Å². The molecule has 0 bridgehead atoms. The van der Waals surface area contributed by atoms with Gasteiger partial charge in [-0.25, -0.2) is 0 Å². The zero-order valence-electron chi connectivity index (χ0n) is 10.3. The van der Waals surface area contributed by atoms with Gasteiger partial charge < -0.3 is 14.6 Å². The van der Waals surface area contributed by atoms with Gasteiger partial charge in [0, 0.05) is 11.5 Å². The van der Waals surface area contributed by atoms with Crippen LogP contribution in [0.2, 0.25) is 0 Å². The van der Waals surface area contributed by atoms with Crippen molar-refractivity contribution >= 4 is 0 Å². The molecule has 3 heteroatoms. The second kappa shape index (κ2) is 5.92. The van der Waals surface area contributed by atoms with Crippen molar-refractivity contribution in [3.05, 3.63) is 23.8 Å². The Kier molecular flexibility index (Phi) is 4.26. The number of aliphatic hydroxyl groups excluding tert-OH is 1. The predicted octanol–water partition coefficient (Wildman–Crippen LogP) is 3.07. The maximum atomic E-state index is 9.51. The molecule has 1 aromatic carbocycles. The number of aliphatic hydroxyl groups is 1. The number of fused-ring (bicyclic) bond motifs is 1. The summed E-state index contributed by atoms with van der Waals surface area (Å²) >= 11 is 0. The van der Waals surface area contributed by atoms with Crippen LogP contribution in [-0.2, 0) is 0 Å². The Balaban J connectivity index is 2.11. The van der Waals surface area contributed by atoms with Gasteiger partial charge in [0.15, 0.2) is 11.5 Å². The first kappa shape index (κ1) is 12.2. The molecule has 94 valence electrons. The summed E-state index contributed by atoms with van der Waals surface area (Å²) < 4.78 is 10.8. The second-order valence-electron chi connectivity index (χ2n) is 4.46. The van der Waals surface area contributed by atoms with Crippen LogP contribution < -0.4 is 9.47 Å². The number of para-hydroxylation sites is 1. The molecule has 3 nitrogen and oxygen atoms in total. The fourth-order valence-electron chi connectivity index (χ4n) is 2.26. The Bertz CT molecular complexity index is 362. The maximum absolute atomic E-state index is 9.51. The van der Waals surface area contributed by atoms with Crippen LogP contribution >= 0.6 is 0 Å². The SMILES string of the molecule is CCCCCC(CO)c1cccc2c1OCO2. The molecule has 17 heavy (non-hydrogen) atoms. The first-order valence-corrected chi connectivity index (χ1v) is 6.36. The van der Waals surface area contributed by atoms with Crippen molar-refractivity contribution in [3.8, 4) is 11.5 Å². The summed E-state index contributed by atoms with van der Waals surface area (Å²) in [6.07, 6.45) is 4.56. The van der Waals surface area contributed by atoms with Crippen LogP contribution in [0.1, 0.15) is 44.1 Å². The lowest BCUT2D eigenvalue weighted by atomic mass is 9.93. The highest BCUT2D eigenvalue weighted by Gasteiger charge is 2.22. The minimum atomic E-state index is 0.165. The summed E-state index contributed by atoms with van der Waals surface area (Å²) in [6, 6.07) is 5.90. The van der Waals surface area contributed by atoms with Gasteiger partial charge in [-0.1, -0.05) is 38.3 Å². The Morgan fingerprint density at radius 1 is 1.29 bits per heavy atom. The average Bonchev–Trinajstić information content (AvgIpc) is 2.83. The summed E-state index contributed by atoms with van der Waals surface area (Å²) in [7, 11) is 0. The number of rotatable bonds is 6. The van der Waals surface area contributed by atoms with E-state index in [0.717, 1.165) is 29.9 Å². The van der Waals surface area contributed by atoms with E-state index in [0.29, 0.717) is 6.79 Å². The van der Waals surface area contributed by atoms with Gasteiger partial charge in [-0.2, -0.15) is 0 Å². The maximum Gasteiger partial charge on any atom is 0.231 e. The van der Waals surface area contributed by atoms with Gasteiger partial charge in [-0.05, 0) is 12.5 Å². The van der Waals surface area contributed by atoms with Gasteiger partial charge >= 0.3 is 0 Å². The van der Waals surface area contributed by atoms with Gasteiger partial charge in [0.1, 0.15) is 0 Å². The molecule has 0 fully saturated rings. The Hall–Kier alpha value is -1.22. The average molecular weight is 236 g/mol. The Morgan fingerprint density at radius 2 is 2.18 bits per heavy atom. The lowest BCUT2D eigenvalue weighted by Crippen LogP contribution is -2.05. The molecule has 1 aromatic rings. The minimum absolute atomic E-state index is 0.165. The molecule has 0 aromatic heterocycles. The summed E-state index contributed by atoms with van der Waals surface area (Å²) in [5, 5.41) is 9.51. The van der Waals surface area contributed by atoms with E-state index >= 15 is 0 Å². The quantitative estimate of drug-likeness (QED) is 0.771. The number of hydrogen-bond acceptors (Lipinski definition) is 3. The van der Waals surface area contributed by atoms with Crippen LogP contribution in [0.3, 0.4) is 0 Å². The lowest BCUT2D eigenvalue weighted by Gasteiger charge is -2.16. The zero-order chi connectivity index (χ0) is 12.1. The van der Waals surface area contributed by atoms with Crippen molar-refractivity contribution in [1.29, 1.82) is 0 Å². The lowest BCUT2D eigenvalue weighted by molar-refractivity contribution is 0.171. The summed E-state index contributed by atoms with van der Waals surface area (Å²) in [4.78, 5) is 0.